The highest BCUT2D eigenvalue weighted by atomic mass is 16.3. The van der Waals surface area contributed by atoms with E-state index in [2.05, 4.69) is 60.4 Å². The van der Waals surface area contributed by atoms with Gasteiger partial charge in [-0.15, -0.1) is 0 Å². The van der Waals surface area contributed by atoms with E-state index in [1.807, 2.05) is 54.6 Å². The fourth-order valence-electron chi connectivity index (χ4n) is 4.26. The van der Waals surface area contributed by atoms with Crippen LogP contribution < -0.4 is 5.32 Å². The Morgan fingerprint density at radius 2 is 1.39 bits per heavy atom. The monoisotopic (exact) mass is 427 g/mol. The maximum atomic E-state index is 6.09. The van der Waals surface area contributed by atoms with Gasteiger partial charge < -0.3 is 14.2 Å². The van der Waals surface area contributed by atoms with Gasteiger partial charge in [-0.1, -0.05) is 67.3 Å². The molecule has 2 heterocycles. The molecule has 3 heteroatoms. The molecule has 158 valence electrons. The van der Waals surface area contributed by atoms with Crippen LogP contribution in [0.2, 0.25) is 0 Å². The molecular weight excluding hydrogens is 406 g/mol. The zero-order valence-corrected chi connectivity index (χ0v) is 17.9. The molecule has 3 nitrogen and oxygen atoms in total. The molecule has 0 bridgehead atoms. The van der Waals surface area contributed by atoms with Crippen molar-refractivity contribution in [1.82, 2.24) is 0 Å². The van der Waals surface area contributed by atoms with Crippen LogP contribution in [0.25, 0.3) is 38.5 Å². The van der Waals surface area contributed by atoms with Gasteiger partial charge in [-0.05, 0) is 54.1 Å². The molecule has 0 aliphatic carbocycles. The third kappa shape index (κ3) is 3.50. The van der Waals surface area contributed by atoms with Crippen molar-refractivity contribution >= 4 is 49.9 Å². The Bertz CT molecular complexity index is 1620. The summed E-state index contributed by atoms with van der Waals surface area (Å²) in [4.78, 5) is 0. The summed E-state index contributed by atoms with van der Waals surface area (Å²) in [5.41, 5.74) is 6.76. The van der Waals surface area contributed by atoms with Gasteiger partial charge in [0.2, 0.25) is 0 Å². The van der Waals surface area contributed by atoms with Crippen LogP contribution in [-0.4, -0.2) is 0 Å². The first-order chi connectivity index (χ1) is 16.3. The largest absolute Gasteiger partial charge is 0.456 e. The molecule has 0 spiro atoms. The lowest BCUT2D eigenvalue weighted by molar-refractivity contribution is 0.600. The third-order valence-electron chi connectivity index (χ3n) is 5.84. The molecule has 6 aromatic rings. The Morgan fingerprint density at radius 1 is 0.667 bits per heavy atom. The van der Waals surface area contributed by atoms with Crippen LogP contribution >= 0.6 is 0 Å². The van der Waals surface area contributed by atoms with Gasteiger partial charge in [0, 0.05) is 33.1 Å². The summed E-state index contributed by atoms with van der Waals surface area (Å²) >= 11 is 0. The highest BCUT2D eigenvalue weighted by Crippen LogP contribution is 2.33. The summed E-state index contributed by atoms with van der Waals surface area (Å²) < 4.78 is 12.0. The molecule has 0 fully saturated rings. The molecule has 0 aliphatic rings. The molecular formula is C30H21NO2. The number of fused-ring (bicyclic) bond motifs is 4. The number of furan rings is 2. The Balaban J connectivity index is 1.30. The molecule has 0 atom stereocenters. The summed E-state index contributed by atoms with van der Waals surface area (Å²) in [6, 6.07) is 32.7. The maximum Gasteiger partial charge on any atom is 0.136 e. The van der Waals surface area contributed by atoms with Crippen molar-refractivity contribution < 1.29 is 8.83 Å². The Kier molecular flexibility index (Phi) is 4.59. The molecule has 1 N–H and O–H groups in total. The number of benzene rings is 4. The quantitative estimate of drug-likeness (QED) is 0.280. The summed E-state index contributed by atoms with van der Waals surface area (Å²) in [6.45, 7) is 3.88. The minimum Gasteiger partial charge on any atom is -0.456 e. The number of anilines is 2. The van der Waals surface area contributed by atoms with Crippen molar-refractivity contribution in [2.24, 2.45) is 0 Å². The first kappa shape index (κ1) is 19.2. The van der Waals surface area contributed by atoms with E-state index >= 15 is 0 Å². The van der Waals surface area contributed by atoms with Gasteiger partial charge in [0.25, 0.3) is 0 Å². The Morgan fingerprint density at radius 3 is 2.21 bits per heavy atom. The minimum absolute atomic E-state index is 0.828. The van der Waals surface area contributed by atoms with Crippen molar-refractivity contribution in [3.05, 3.63) is 127 Å². The summed E-state index contributed by atoms with van der Waals surface area (Å²) in [7, 11) is 0. The lowest BCUT2D eigenvalue weighted by Crippen LogP contribution is -1.91. The Hall–Kier alpha value is -4.50. The van der Waals surface area contributed by atoms with Gasteiger partial charge in [-0.25, -0.2) is 0 Å². The van der Waals surface area contributed by atoms with Crippen LogP contribution in [0.4, 0.5) is 11.4 Å². The average molecular weight is 428 g/mol. The van der Waals surface area contributed by atoms with E-state index in [0.717, 1.165) is 61.2 Å². The molecule has 0 saturated carbocycles. The smallest absolute Gasteiger partial charge is 0.136 e. The van der Waals surface area contributed by atoms with E-state index in [-0.39, 0.29) is 0 Å². The zero-order chi connectivity index (χ0) is 22.2. The topological polar surface area (TPSA) is 38.3 Å². The third-order valence-corrected chi connectivity index (χ3v) is 5.84. The zero-order valence-electron chi connectivity index (χ0n) is 17.9. The van der Waals surface area contributed by atoms with Gasteiger partial charge in [0.15, 0.2) is 0 Å². The summed E-state index contributed by atoms with van der Waals surface area (Å²) in [5.74, 6) is 0.828. The van der Waals surface area contributed by atoms with Crippen molar-refractivity contribution in [3.63, 3.8) is 0 Å². The van der Waals surface area contributed by atoms with E-state index < -0.39 is 0 Å². The SMILES string of the molecule is C=C/C=C(/c1ccc(Nc2ccc3oc4ccccc4c3c2)cc1)c1cc2ccccc2o1. The predicted octanol–water partition coefficient (Wildman–Crippen LogP) is 8.69. The minimum atomic E-state index is 0.828. The van der Waals surface area contributed by atoms with E-state index in [1.165, 1.54) is 0 Å². The molecule has 33 heavy (non-hydrogen) atoms. The van der Waals surface area contributed by atoms with Crippen molar-refractivity contribution in [2.45, 2.75) is 0 Å². The van der Waals surface area contributed by atoms with Crippen molar-refractivity contribution in [2.75, 3.05) is 5.32 Å². The second-order valence-corrected chi connectivity index (χ2v) is 7.98. The van der Waals surface area contributed by atoms with Gasteiger partial charge in [0.1, 0.15) is 22.5 Å². The highest BCUT2D eigenvalue weighted by molar-refractivity contribution is 6.06. The number of rotatable bonds is 5. The number of allylic oxidation sites excluding steroid dienone is 2. The first-order valence-electron chi connectivity index (χ1n) is 10.9. The van der Waals surface area contributed by atoms with Crippen LogP contribution in [0, 0.1) is 0 Å². The molecule has 2 aromatic heterocycles. The van der Waals surface area contributed by atoms with E-state index in [1.54, 1.807) is 6.08 Å². The van der Waals surface area contributed by atoms with Crippen LogP contribution in [0.5, 0.6) is 0 Å². The number of hydrogen-bond donors (Lipinski definition) is 1. The molecule has 0 aliphatic heterocycles. The fraction of sp³-hybridized carbons (Fsp3) is 0. The van der Waals surface area contributed by atoms with Crippen LogP contribution in [0.3, 0.4) is 0 Å². The van der Waals surface area contributed by atoms with Gasteiger partial charge in [-0.2, -0.15) is 0 Å². The second-order valence-electron chi connectivity index (χ2n) is 7.98. The number of nitrogens with one attached hydrogen (secondary N) is 1. The Labute approximate surface area is 191 Å². The summed E-state index contributed by atoms with van der Waals surface area (Å²) in [5, 5.41) is 6.82. The van der Waals surface area contributed by atoms with Crippen LogP contribution in [-0.2, 0) is 0 Å². The van der Waals surface area contributed by atoms with Crippen molar-refractivity contribution in [1.29, 1.82) is 0 Å². The van der Waals surface area contributed by atoms with Gasteiger partial charge in [0.05, 0.1) is 0 Å². The average Bonchev–Trinajstić information content (AvgIpc) is 3.44. The lowest BCUT2D eigenvalue weighted by atomic mass is 10.0. The van der Waals surface area contributed by atoms with Crippen molar-refractivity contribution in [3.8, 4) is 0 Å². The first-order valence-corrected chi connectivity index (χ1v) is 10.9. The summed E-state index contributed by atoms with van der Waals surface area (Å²) in [6.07, 6.45) is 3.78. The number of hydrogen-bond acceptors (Lipinski definition) is 3. The molecule has 0 unspecified atom stereocenters. The molecule has 4 aromatic carbocycles. The van der Waals surface area contributed by atoms with Gasteiger partial charge in [-0.3, -0.25) is 0 Å². The molecule has 0 saturated heterocycles. The predicted molar refractivity (Wildman–Crippen MR) is 137 cm³/mol. The standard InChI is InChI=1S/C30H21NO2/c1-2-7-24(30-18-21-8-3-5-10-27(21)32-30)20-12-14-22(15-13-20)31-23-16-17-29-26(19-23)25-9-4-6-11-28(25)33-29/h2-19,31H,1H2/b24-7-. The highest BCUT2D eigenvalue weighted by Gasteiger charge is 2.11. The fourth-order valence-corrected chi connectivity index (χ4v) is 4.26. The van der Waals surface area contributed by atoms with Gasteiger partial charge >= 0.3 is 0 Å². The van der Waals surface area contributed by atoms with Crippen LogP contribution in [0.15, 0.2) is 125 Å². The van der Waals surface area contributed by atoms with E-state index in [9.17, 15) is 0 Å². The van der Waals surface area contributed by atoms with Crippen LogP contribution in [0.1, 0.15) is 11.3 Å². The van der Waals surface area contributed by atoms with E-state index in [0.29, 0.717) is 0 Å². The molecule has 0 radical (unpaired) electrons. The molecule has 6 rings (SSSR count). The second kappa shape index (κ2) is 7.88. The van der Waals surface area contributed by atoms with E-state index in [4.69, 9.17) is 8.83 Å². The molecule has 0 amide bonds. The lowest BCUT2D eigenvalue weighted by Gasteiger charge is -2.09. The normalized spacial score (nSPS) is 11.9. The maximum absolute atomic E-state index is 6.09. The number of para-hydroxylation sites is 2.